The van der Waals surface area contributed by atoms with Crippen molar-refractivity contribution in [1.29, 1.82) is 0 Å². The number of rotatable bonds is 2. The Morgan fingerprint density at radius 2 is 1.68 bits per heavy atom. The first-order valence-corrected chi connectivity index (χ1v) is 6.50. The number of carbonyl (C=O) groups is 2. The number of imidazole rings is 1. The van der Waals surface area contributed by atoms with Gasteiger partial charge < -0.3 is 0 Å². The van der Waals surface area contributed by atoms with Crippen LogP contribution in [0.4, 0.5) is 0 Å². The van der Waals surface area contributed by atoms with Gasteiger partial charge in [-0.05, 0) is 13.8 Å². The third kappa shape index (κ3) is 1.49. The predicted molar refractivity (Wildman–Crippen MR) is 69.3 cm³/mol. The quantitative estimate of drug-likeness (QED) is 0.653. The monoisotopic (exact) mass is 255 g/mol. The summed E-state index contributed by atoms with van der Waals surface area (Å²) in [7, 11) is 0. The number of nitrogens with zero attached hydrogens (tertiary/aromatic N) is 2. The Kier molecular flexibility index (Phi) is 2.59. The van der Waals surface area contributed by atoms with Crippen molar-refractivity contribution in [2.45, 2.75) is 26.9 Å². The van der Waals surface area contributed by atoms with Crippen LogP contribution >= 0.6 is 0 Å². The number of hydrogen-bond donors (Lipinski definition) is 0. The second kappa shape index (κ2) is 4.16. The van der Waals surface area contributed by atoms with Crippen LogP contribution in [0, 0.1) is 0 Å². The molecule has 0 amide bonds. The van der Waals surface area contributed by atoms with E-state index in [4.69, 9.17) is 0 Å². The summed E-state index contributed by atoms with van der Waals surface area (Å²) in [6, 6.07) is 7.04. The van der Waals surface area contributed by atoms with Gasteiger partial charge in [-0.3, -0.25) is 9.59 Å². The Morgan fingerprint density at radius 3 is 2.26 bits per heavy atom. The summed E-state index contributed by atoms with van der Waals surface area (Å²) in [5, 5.41) is 0. The number of hydrogen-bond acceptors (Lipinski definition) is 2. The molecule has 0 N–H and O–H groups in total. The first-order chi connectivity index (χ1) is 9.19. The van der Waals surface area contributed by atoms with Crippen molar-refractivity contribution in [3.05, 3.63) is 53.1 Å². The van der Waals surface area contributed by atoms with Gasteiger partial charge in [0.25, 0.3) is 0 Å². The second-order valence-electron chi connectivity index (χ2n) is 4.59. The molecule has 2 aromatic rings. The topological polar surface area (TPSA) is 43.0 Å². The zero-order valence-electron chi connectivity index (χ0n) is 11.0. The van der Waals surface area contributed by atoms with Crippen LogP contribution in [0.1, 0.15) is 46.0 Å². The fourth-order valence-electron chi connectivity index (χ4n) is 2.65. The number of aromatic nitrogens is 2. The Bertz CT molecular complexity index is 641. The SMILES string of the molecule is CCn1c[n+](CC)c2c1C(=O)c1ccccc1C2=O. The summed E-state index contributed by atoms with van der Waals surface area (Å²) >= 11 is 0. The smallest absolute Gasteiger partial charge is 0.244 e. The fourth-order valence-corrected chi connectivity index (χ4v) is 2.65. The molecule has 0 unspecified atom stereocenters. The van der Waals surface area contributed by atoms with Gasteiger partial charge in [0.1, 0.15) is 0 Å². The molecule has 0 saturated carbocycles. The molecule has 0 atom stereocenters. The molecule has 1 heterocycles. The number of fused-ring (bicyclic) bond motifs is 2. The standard InChI is InChI=1S/C15H15N2O2/c1-3-16-9-17(4-2)13-12(16)14(18)10-7-5-6-8-11(10)15(13)19/h5-9H,3-4H2,1-2H3/q+1. The van der Waals surface area contributed by atoms with Crippen molar-refractivity contribution in [3.63, 3.8) is 0 Å². The fraction of sp³-hybridized carbons (Fsp3) is 0.267. The molecular formula is C15H15N2O2+. The molecule has 4 heteroatoms. The lowest BCUT2D eigenvalue weighted by Gasteiger charge is -2.12. The molecule has 0 bridgehead atoms. The van der Waals surface area contributed by atoms with E-state index in [1.165, 1.54) is 0 Å². The molecule has 0 radical (unpaired) electrons. The number of ketones is 2. The van der Waals surface area contributed by atoms with E-state index in [1.54, 1.807) is 24.3 Å². The molecule has 0 aliphatic heterocycles. The van der Waals surface area contributed by atoms with Gasteiger partial charge in [-0.25, -0.2) is 9.13 Å². The van der Waals surface area contributed by atoms with E-state index in [0.29, 0.717) is 35.6 Å². The van der Waals surface area contributed by atoms with Gasteiger partial charge in [0.05, 0.1) is 13.1 Å². The molecule has 1 aliphatic rings. The molecule has 0 spiro atoms. The van der Waals surface area contributed by atoms with Gasteiger partial charge in [-0.2, -0.15) is 0 Å². The third-order valence-electron chi connectivity index (χ3n) is 3.61. The molecule has 1 aliphatic carbocycles. The molecule has 3 rings (SSSR count). The first-order valence-electron chi connectivity index (χ1n) is 6.50. The number of aryl methyl sites for hydroxylation is 2. The highest BCUT2D eigenvalue weighted by Crippen LogP contribution is 2.25. The lowest BCUT2D eigenvalue weighted by molar-refractivity contribution is -0.694. The van der Waals surface area contributed by atoms with E-state index in [2.05, 4.69) is 0 Å². The minimum Gasteiger partial charge on any atom is -0.284 e. The van der Waals surface area contributed by atoms with Crippen LogP contribution < -0.4 is 4.57 Å². The van der Waals surface area contributed by atoms with Gasteiger partial charge >= 0.3 is 0 Å². The summed E-state index contributed by atoms with van der Waals surface area (Å²) in [6.45, 7) is 5.30. The zero-order chi connectivity index (χ0) is 13.6. The average Bonchev–Trinajstić information content (AvgIpc) is 2.83. The van der Waals surface area contributed by atoms with Crippen molar-refractivity contribution < 1.29 is 14.2 Å². The van der Waals surface area contributed by atoms with Crippen LogP contribution in [0.5, 0.6) is 0 Å². The van der Waals surface area contributed by atoms with Crippen molar-refractivity contribution in [2.24, 2.45) is 0 Å². The van der Waals surface area contributed by atoms with Gasteiger partial charge in [-0.1, -0.05) is 24.3 Å². The number of benzene rings is 1. The van der Waals surface area contributed by atoms with E-state index < -0.39 is 0 Å². The molecule has 1 aromatic heterocycles. The summed E-state index contributed by atoms with van der Waals surface area (Å²) in [6.07, 6.45) is 1.85. The minimum absolute atomic E-state index is 0.0562. The van der Waals surface area contributed by atoms with Crippen molar-refractivity contribution in [3.8, 4) is 0 Å². The Balaban J connectivity index is 2.33. The van der Waals surface area contributed by atoms with Crippen LogP contribution in [0.15, 0.2) is 30.6 Å². The molecule has 4 nitrogen and oxygen atoms in total. The normalized spacial score (nSPS) is 13.4. The highest BCUT2D eigenvalue weighted by Gasteiger charge is 2.40. The highest BCUT2D eigenvalue weighted by molar-refractivity contribution is 6.26. The van der Waals surface area contributed by atoms with Gasteiger partial charge in [0.15, 0.2) is 0 Å². The highest BCUT2D eigenvalue weighted by atomic mass is 16.1. The first kappa shape index (κ1) is 11.8. The van der Waals surface area contributed by atoms with Crippen molar-refractivity contribution >= 4 is 11.6 Å². The maximum atomic E-state index is 12.6. The van der Waals surface area contributed by atoms with E-state index in [-0.39, 0.29) is 11.6 Å². The maximum Gasteiger partial charge on any atom is 0.244 e. The molecular weight excluding hydrogens is 240 g/mol. The number of carbonyl (C=O) groups excluding carboxylic acids is 2. The third-order valence-corrected chi connectivity index (χ3v) is 3.61. The van der Waals surface area contributed by atoms with E-state index in [0.717, 1.165) is 0 Å². The van der Waals surface area contributed by atoms with Gasteiger partial charge in [0, 0.05) is 11.1 Å². The largest absolute Gasteiger partial charge is 0.284 e. The van der Waals surface area contributed by atoms with Crippen LogP contribution in [-0.4, -0.2) is 16.1 Å². The van der Waals surface area contributed by atoms with Gasteiger partial charge in [0.2, 0.25) is 29.3 Å². The minimum atomic E-state index is -0.0562. The zero-order valence-corrected chi connectivity index (χ0v) is 11.0. The van der Waals surface area contributed by atoms with E-state index in [1.807, 2.05) is 29.3 Å². The van der Waals surface area contributed by atoms with Crippen LogP contribution in [0.3, 0.4) is 0 Å². The molecule has 19 heavy (non-hydrogen) atoms. The van der Waals surface area contributed by atoms with Crippen LogP contribution in [-0.2, 0) is 13.1 Å². The van der Waals surface area contributed by atoms with Gasteiger partial charge in [-0.15, -0.1) is 0 Å². The summed E-state index contributed by atoms with van der Waals surface area (Å²) in [5.41, 5.74) is 2.06. The average molecular weight is 255 g/mol. The summed E-state index contributed by atoms with van der Waals surface area (Å²) in [5.74, 6) is -0.112. The lowest BCUT2D eigenvalue weighted by atomic mass is 9.90. The van der Waals surface area contributed by atoms with Crippen molar-refractivity contribution in [1.82, 2.24) is 4.57 Å². The molecule has 0 fully saturated rings. The Hall–Kier alpha value is -2.23. The van der Waals surface area contributed by atoms with E-state index in [9.17, 15) is 9.59 Å². The Morgan fingerprint density at radius 1 is 1.05 bits per heavy atom. The summed E-state index contributed by atoms with van der Waals surface area (Å²) < 4.78 is 3.71. The lowest BCUT2D eigenvalue weighted by Crippen LogP contribution is -2.39. The molecule has 1 aromatic carbocycles. The summed E-state index contributed by atoms with van der Waals surface area (Å²) in [4.78, 5) is 25.2. The van der Waals surface area contributed by atoms with E-state index >= 15 is 0 Å². The predicted octanol–water partition coefficient (Wildman–Crippen LogP) is 1.59. The van der Waals surface area contributed by atoms with Crippen molar-refractivity contribution in [2.75, 3.05) is 0 Å². The maximum absolute atomic E-state index is 12.6. The van der Waals surface area contributed by atoms with Crippen LogP contribution in [0.2, 0.25) is 0 Å². The molecule has 96 valence electrons. The molecule has 0 saturated heterocycles. The second-order valence-corrected chi connectivity index (χ2v) is 4.59. The van der Waals surface area contributed by atoms with Crippen LogP contribution in [0.25, 0.3) is 0 Å². The Labute approximate surface area is 111 Å².